The average molecular weight is 455 g/mol. The van der Waals surface area contributed by atoms with Crippen LogP contribution in [-0.4, -0.2) is 43.7 Å². The van der Waals surface area contributed by atoms with Gasteiger partial charge in [-0.3, -0.25) is 9.59 Å². The van der Waals surface area contributed by atoms with Crippen LogP contribution >= 0.6 is 0 Å². The monoisotopic (exact) mass is 454 g/mol. The fourth-order valence-electron chi connectivity index (χ4n) is 4.96. The van der Waals surface area contributed by atoms with Crippen molar-refractivity contribution in [1.82, 2.24) is 4.98 Å². The highest BCUT2D eigenvalue weighted by Gasteiger charge is 2.29. The van der Waals surface area contributed by atoms with Crippen molar-refractivity contribution in [3.63, 3.8) is 0 Å². The summed E-state index contributed by atoms with van der Waals surface area (Å²) in [7, 11) is 1.84. The molecular weight excluding hydrogens is 416 g/mol. The summed E-state index contributed by atoms with van der Waals surface area (Å²) in [6.07, 6.45) is 2.31. The van der Waals surface area contributed by atoms with E-state index in [1.165, 1.54) is 0 Å². The predicted molar refractivity (Wildman–Crippen MR) is 135 cm³/mol. The molecule has 1 aromatic heterocycles. The Hall–Kier alpha value is -2.80. The van der Waals surface area contributed by atoms with E-state index in [2.05, 4.69) is 29.0 Å². The van der Waals surface area contributed by atoms with E-state index >= 15 is 0 Å². The van der Waals surface area contributed by atoms with Crippen LogP contribution in [0, 0.1) is 26.7 Å². The molecule has 1 saturated heterocycles. The molecule has 4 N–H and O–H groups in total. The smallest absolute Gasteiger partial charge is 0.251 e. The summed E-state index contributed by atoms with van der Waals surface area (Å²) in [5.41, 5.74) is 12.5. The lowest BCUT2D eigenvalue weighted by Gasteiger charge is -2.40. The molecule has 1 amide bonds. The van der Waals surface area contributed by atoms with Crippen LogP contribution in [0.15, 0.2) is 16.9 Å². The standard InChI is InChI=1S/C26H38N4O3/c1-15(2)14-30(19-7-9-33-10-8-19)24-18(5)21(25(27)31)13-23(28-6)22(24)12-20-16(3)11-17(4)29-26(20)32/h11,13,15,19,28H,7-10,12,14H2,1-6H3,(H2,27,31)(H,29,32). The van der Waals surface area contributed by atoms with E-state index in [-0.39, 0.29) is 5.56 Å². The molecule has 33 heavy (non-hydrogen) atoms. The van der Waals surface area contributed by atoms with E-state index in [1.807, 2.05) is 40.0 Å². The van der Waals surface area contributed by atoms with Gasteiger partial charge in [-0.25, -0.2) is 0 Å². The zero-order chi connectivity index (χ0) is 24.3. The molecule has 2 aromatic rings. The lowest BCUT2D eigenvalue weighted by atomic mass is 9.91. The van der Waals surface area contributed by atoms with Crippen LogP contribution in [0.2, 0.25) is 0 Å². The quantitative estimate of drug-likeness (QED) is 0.565. The molecule has 0 spiro atoms. The van der Waals surface area contributed by atoms with Crippen LogP contribution < -0.4 is 21.5 Å². The van der Waals surface area contributed by atoms with Crippen LogP contribution in [0.5, 0.6) is 0 Å². The Balaban J connectivity index is 2.28. The van der Waals surface area contributed by atoms with Gasteiger partial charge in [-0.1, -0.05) is 13.8 Å². The molecule has 3 rings (SSSR count). The first kappa shape index (κ1) is 24.8. The third kappa shape index (κ3) is 5.41. The van der Waals surface area contributed by atoms with E-state index in [4.69, 9.17) is 10.5 Å². The van der Waals surface area contributed by atoms with Crippen LogP contribution in [0.25, 0.3) is 0 Å². The largest absolute Gasteiger partial charge is 0.388 e. The molecule has 180 valence electrons. The third-order valence-electron chi connectivity index (χ3n) is 6.52. The molecule has 1 aliphatic rings. The topological polar surface area (TPSA) is 100 Å². The number of rotatable bonds is 8. The first-order valence-electron chi connectivity index (χ1n) is 11.8. The number of aromatic nitrogens is 1. The Morgan fingerprint density at radius 2 is 1.88 bits per heavy atom. The fraction of sp³-hybridized carbons (Fsp3) is 0.538. The lowest BCUT2D eigenvalue weighted by Crippen LogP contribution is -2.43. The SMILES string of the molecule is CNc1cc(C(N)=O)c(C)c(N(CC(C)C)C2CCOCC2)c1Cc1c(C)cc(C)[nH]c1=O. The maximum absolute atomic E-state index is 12.9. The van der Waals surface area contributed by atoms with Crippen molar-refractivity contribution in [1.29, 1.82) is 0 Å². The number of aryl methyl sites for hydroxylation is 2. The van der Waals surface area contributed by atoms with Crippen molar-refractivity contribution in [2.24, 2.45) is 11.7 Å². The molecular formula is C26H38N4O3. The first-order valence-corrected chi connectivity index (χ1v) is 11.8. The summed E-state index contributed by atoms with van der Waals surface area (Å²) >= 11 is 0. The van der Waals surface area contributed by atoms with Crippen molar-refractivity contribution in [3.05, 3.63) is 56.0 Å². The van der Waals surface area contributed by atoms with Gasteiger partial charge in [0, 0.05) is 73.0 Å². The summed E-state index contributed by atoms with van der Waals surface area (Å²) in [6, 6.07) is 4.12. The number of ether oxygens (including phenoxy) is 1. The second-order valence-electron chi connectivity index (χ2n) is 9.55. The predicted octanol–water partition coefficient (Wildman–Crippen LogP) is 3.67. The number of carbonyl (C=O) groups excluding carboxylic acids is 1. The number of primary amides is 1. The van der Waals surface area contributed by atoms with E-state index in [0.717, 1.165) is 71.9 Å². The Labute approximate surface area is 196 Å². The number of benzene rings is 1. The number of carbonyl (C=O) groups is 1. The second kappa shape index (κ2) is 10.4. The van der Waals surface area contributed by atoms with Crippen molar-refractivity contribution in [3.8, 4) is 0 Å². The molecule has 7 nitrogen and oxygen atoms in total. The fourth-order valence-corrected chi connectivity index (χ4v) is 4.96. The van der Waals surface area contributed by atoms with Gasteiger partial charge < -0.3 is 25.7 Å². The molecule has 0 radical (unpaired) electrons. The lowest BCUT2D eigenvalue weighted by molar-refractivity contribution is 0.0838. The third-order valence-corrected chi connectivity index (χ3v) is 6.52. The number of nitrogens with zero attached hydrogens (tertiary/aromatic N) is 1. The number of hydrogen-bond donors (Lipinski definition) is 3. The van der Waals surface area contributed by atoms with Crippen LogP contribution in [0.3, 0.4) is 0 Å². The number of pyridine rings is 1. The molecule has 0 unspecified atom stereocenters. The number of nitrogens with one attached hydrogen (secondary N) is 2. The molecule has 0 saturated carbocycles. The Morgan fingerprint density at radius 1 is 1.21 bits per heavy atom. The maximum atomic E-state index is 12.9. The van der Waals surface area contributed by atoms with Gasteiger partial charge in [0.1, 0.15) is 0 Å². The number of anilines is 2. The van der Waals surface area contributed by atoms with E-state index in [9.17, 15) is 9.59 Å². The minimum Gasteiger partial charge on any atom is -0.388 e. The Kier molecular flexibility index (Phi) is 7.84. The van der Waals surface area contributed by atoms with Gasteiger partial charge >= 0.3 is 0 Å². The number of hydrogen-bond acceptors (Lipinski definition) is 5. The minimum absolute atomic E-state index is 0.0707. The minimum atomic E-state index is -0.447. The highest BCUT2D eigenvalue weighted by molar-refractivity contribution is 5.98. The van der Waals surface area contributed by atoms with Crippen LogP contribution in [0.1, 0.15) is 65.0 Å². The van der Waals surface area contributed by atoms with Crippen molar-refractivity contribution in [2.75, 3.05) is 37.0 Å². The number of amides is 1. The summed E-state index contributed by atoms with van der Waals surface area (Å²) in [4.78, 5) is 30.7. The van der Waals surface area contributed by atoms with E-state index < -0.39 is 5.91 Å². The Bertz CT molecular complexity index is 1070. The van der Waals surface area contributed by atoms with Crippen LogP contribution in [0.4, 0.5) is 11.4 Å². The van der Waals surface area contributed by atoms with Crippen LogP contribution in [-0.2, 0) is 11.2 Å². The molecule has 0 atom stereocenters. The molecule has 0 aliphatic carbocycles. The summed E-state index contributed by atoms with van der Waals surface area (Å²) in [6.45, 7) is 12.5. The van der Waals surface area contributed by atoms with E-state index in [0.29, 0.717) is 23.9 Å². The van der Waals surface area contributed by atoms with Gasteiger partial charge in [-0.2, -0.15) is 0 Å². The summed E-state index contributed by atoms with van der Waals surface area (Å²) < 4.78 is 5.64. The van der Waals surface area contributed by atoms with Gasteiger partial charge in [-0.05, 0) is 62.8 Å². The van der Waals surface area contributed by atoms with Crippen molar-refractivity contribution in [2.45, 2.75) is 59.9 Å². The first-order chi connectivity index (χ1) is 15.6. The van der Waals surface area contributed by atoms with Gasteiger partial charge in [-0.15, -0.1) is 0 Å². The van der Waals surface area contributed by atoms with E-state index in [1.54, 1.807) is 0 Å². The maximum Gasteiger partial charge on any atom is 0.251 e. The molecule has 1 aromatic carbocycles. The summed E-state index contributed by atoms with van der Waals surface area (Å²) in [5, 5.41) is 3.27. The van der Waals surface area contributed by atoms with Gasteiger partial charge in [0.15, 0.2) is 0 Å². The number of aromatic amines is 1. The van der Waals surface area contributed by atoms with Gasteiger partial charge in [0.2, 0.25) is 5.91 Å². The second-order valence-corrected chi connectivity index (χ2v) is 9.55. The molecule has 1 fully saturated rings. The highest BCUT2D eigenvalue weighted by Crippen LogP contribution is 2.38. The molecule has 2 heterocycles. The zero-order valence-electron chi connectivity index (χ0n) is 20.8. The Morgan fingerprint density at radius 3 is 2.42 bits per heavy atom. The molecule has 1 aliphatic heterocycles. The zero-order valence-corrected chi connectivity index (χ0v) is 20.8. The summed E-state index contributed by atoms with van der Waals surface area (Å²) in [5.74, 6) is -0.0301. The van der Waals surface area contributed by atoms with Crippen molar-refractivity contribution >= 4 is 17.3 Å². The highest BCUT2D eigenvalue weighted by atomic mass is 16.5. The van der Waals surface area contributed by atoms with Gasteiger partial charge in [0.25, 0.3) is 5.56 Å². The number of H-pyrrole nitrogens is 1. The van der Waals surface area contributed by atoms with Gasteiger partial charge in [0.05, 0.1) is 0 Å². The van der Waals surface area contributed by atoms with Crippen molar-refractivity contribution < 1.29 is 9.53 Å². The average Bonchev–Trinajstić information content (AvgIpc) is 2.75. The molecule has 0 bridgehead atoms. The molecule has 7 heteroatoms. The normalized spacial score (nSPS) is 14.5. The number of nitrogens with two attached hydrogens (primary N) is 1.